The maximum absolute atomic E-state index is 11.8. The van der Waals surface area contributed by atoms with Gasteiger partial charge in [0, 0.05) is 12.2 Å². The van der Waals surface area contributed by atoms with Crippen LogP contribution in [-0.4, -0.2) is 37.9 Å². The second-order valence-corrected chi connectivity index (χ2v) is 5.05. The molecule has 7 nitrogen and oxygen atoms in total. The highest BCUT2D eigenvalue weighted by molar-refractivity contribution is 5.91. The minimum Gasteiger partial charge on any atom is -0.466 e. The molecule has 0 unspecified atom stereocenters. The standard InChI is InChI=1S/C17H21NO6/c1-12(2)24-17(21)18-14(13-7-5-4-6-8-13)11-23-16(20)10-9-15(19)22-3/h4-10,12,14H,11H2,1-3H3,(H,18,21)/b10-9+/t14-/m1/s1. The van der Waals surface area contributed by atoms with Crippen LogP contribution in [0.1, 0.15) is 25.5 Å². The summed E-state index contributed by atoms with van der Waals surface area (Å²) in [6, 6.07) is 8.44. The van der Waals surface area contributed by atoms with Gasteiger partial charge < -0.3 is 19.5 Å². The summed E-state index contributed by atoms with van der Waals surface area (Å²) >= 11 is 0. The predicted molar refractivity (Wildman–Crippen MR) is 86.1 cm³/mol. The highest BCUT2D eigenvalue weighted by Gasteiger charge is 2.17. The Morgan fingerprint density at radius 1 is 1.08 bits per heavy atom. The van der Waals surface area contributed by atoms with E-state index in [-0.39, 0.29) is 12.7 Å². The molecule has 0 radical (unpaired) electrons. The summed E-state index contributed by atoms with van der Waals surface area (Å²) in [5.41, 5.74) is 0.753. The van der Waals surface area contributed by atoms with Crippen LogP contribution in [0.5, 0.6) is 0 Å². The van der Waals surface area contributed by atoms with E-state index in [2.05, 4.69) is 10.1 Å². The number of amides is 1. The molecule has 24 heavy (non-hydrogen) atoms. The molecule has 1 rings (SSSR count). The molecule has 1 aromatic carbocycles. The van der Waals surface area contributed by atoms with E-state index >= 15 is 0 Å². The number of nitrogens with one attached hydrogen (secondary N) is 1. The molecule has 0 heterocycles. The van der Waals surface area contributed by atoms with Crippen molar-refractivity contribution in [2.24, 2.45) is 0 Å². The van der Waals surface area contributed by atoms with E-state index in [1.165, 1.54) is 7.11 Å². The highest BCUT2D eigenvalue weighted by atomic mass is 16.6. The van der Waals surface area contributed by atoms with Crippen molar-refractivity contribution < 1.29 is 28.6 Å². The quantitative estimate of drug-likeness (QED) is 0.466. The molecule has 1 amide bonds. The first-order valence-corrected chi connectivity index (χ1v) is 7.37. The smallest absolute Gasteiger partial charge is 0.407 e. The van der Waals surface area contributed by atoms with Crippen molar-refractivity contribution in [1.29, 1.82) is 0 Å². The van der Waals surface area contributed by atoms with Gasteiger partial charge in [-0.05, 0) is 19.4 Å². The van der Waals surface area contributed by atoms with E-state index in [9.17, 15) is 14.4 Å². The third-order valence-electron chi connectivity index (χ3n) is 2.79. The molecule has 1 aromatic rings. The van der Waals surface area contributed by atoms with Crippen molar-refractivity contribution in [2.75, 3.05) is 13.7 Å². The number of esters is 2. The number of alkyl carbamates (subject to hydrolysis) is 1. The van der Waals surface area contributed by atoms with Gasteiger partial charge in [-0.3, -0.25) is 0 Å². The lowest BCUT2D eigenvalue weighted by atomic mass is 10.1. The summed E-state index contributed by atoms with van der Waals surface area (Å²) in [5, 5.41) is 2.64. The van der Waals surface area contributed by atoms with Crippen LogP contribution in [-0.2, 0) is 23.8 Å². The number of benzene rings is 1. The van der Waals surface area contributed by atoms with Crippen LogP contribution in [0.3, 0.4) is 0 Å². The summed E-state index contributed by atoms with van der Waals surface area (Å²) in [7, 11) is 1.20. The first-order chi connectivity index (χ1) is 11.4. The Morgan fingerprint density at radius 3 is 2.29 bits per heavy atom. The monoisotopic (exact) mass is 335 g/mol. The lowest BCUT2D eigenvalue weighted by Crippen LogP contribution is -2.33. The molecular weight excluding hydrogens is 314 g/mol. The van der Waals surface area contributed by atoms with Crippen molar-refractivity contribution in [3.8, 4) is 0 Å². The van der Waals surface area contributed by atoms with Gasteiger partial charge >= 0.3 is 18.0 Å². The molecule has 7 heteroatoms. The maximum atomic E-state index is 11.8. The van der Waals surface area contributed by atoms with Crippen LogP contribution in [0.2, 0.25) is 0 Å². The average Bonchev–Trinajstić information content (AvgIpc) is 2.56. The van der Waals surface area contributed by atoms with Crippen molar-refractivity contribution in [3.05, 3.63) is 48.0 Å². The van der Waals surface area contributed by atoms with Crippen LogP contribution in [0, 0.1) is 0 Å². The normalized spacial score (nSPS) is 11.8. The third kappa shape index (κ3) is 7.44. The first kappa shape index (κ1) is 19.2. The Labute approximate surface area is 140 Å². The molecule has 0 spiro atoms. The molecule has 0 aliphatic carbocycles. The van der Waals surface area contributed by atoms with E-state index < -0.39 is 24.1 Å². The number of methoxy groups -OCH3 is 1. The van der Waals surface area contributed by atoms with Crippen molar-refractivity contribution in [3.63, 3.8) is 0 Å². The number of ether oxygens (including phenoxy) is 3. The summed E-state index contributed by atoms with van der Waals surface area (Å²) in [4.78, 5) is 34.3. The van der Waals surface area contributed by atoms with Crippen molar-refractivity contribution in [2.45, 2.75) is 26.0 Å². The van der Waals surface area contributed by atoms with E-state index in [4.69, 9.17) is 9.47 Å². The van der Waals surface area contributed by atoms with Gasteiger partial charge in [-0.15, -0.1) is 0 Å². The van der Waals surface area contributed by atoms with Gasteiger partial charge in [0.15, 0.2) is 0 Å². The molecule has 0 aromatic heterocycles. The molecule has 130 valence electrons. The SMILES string of the molecule is COC(=O)/C=C/C(=O)OC[C@@H](NC(=O)OC(C)C)c1ccccc1. The summed E-state index contributed by atoms with van der Waals surface area (Å²) in [6.45, 7) is 3.35. The molecule has 1 N–H and O–H groups in total. The molecule has 0 saturated carbocycles. The van der Waals surface area contributed by atoms with Crippen LogP contribution in [0.4, 0.5) is 4.79 Å². The van der Waals surface area contributed by atoms with Gasteiger partial charge in [0.05, 0.1) is 19.3 Å². The number of hydrogen-bond acceptors (Lipinski definition) is 6. The summed E-state index contributed by atoms with van der Waals surface area (Å²) in [6.07, 6.45) is 1.03. The van der Waals surface area contributed by atoms with Crippen LogP contribution in [0.15, 0.2) is 42.5 Å². The number of carbonyl (C=O) groups excluding carboxylic acids is 3. The summed E-state index contributed by atoms with van der Waals surface area (Å²) in [5.74, 6) is -1.38. The number of carbonyl (C=O) groups is 3. The zero-order valence-electron chi connectivity index (χ0n) is 13.9. The Balaban J connectivity index is 2.69. The Hall–Kier alpha value is -2.83. The molecule has 0 bridgehead atoms. The number of hydrogen-bond donors (Lipinski definition) is 1. The van der Waals surface area contributed by atoms with E-state index in [1.54, 1.807) is 38.1 Å². The van der Waals surface area contributed by atoms with Gasteiger partial charge in [0.1, 0.15) is 6.61 Å². The highest BCUT2D eigenvalue weighted by Crippen LogP contribution is 2.13. The Morgan fingerprint density at radius 2 is 1.71 bits per heavy atom. The van der Waals surface area contributed by atoms with Crippen molar-refractivity contribution >= 4 is 18.0 Å². The minimum absolute atomic E-state index is 0.110. The zero-order valence-corrected chi connectivity index (χ0v) is 13.9. The van der Waals surface area contributed by atoms with Gasteiger partial charge in [0.25, 0.3) is 0 Å². The topological polar surface area (TPSA) is 90.9 Å². The summed E-state index contributed by atoms with van der Waals surface area (Å²) < 4.78 is 14.5. The van der Waals surface area contributed by atoms with Gasteiger partial charge in [-0.1, -0.05) is 30.3 Å². The van der Waals surface area contributed by atoms with Crippen LogP contribution in [0.25, 0.3) is 0 Å². The molecular formula is C17H21NO6. The maximum Gasteiger partial charge on any atom is 0.407 e. The molecule has 0 aliphatic rings. The average molecular weight is 335 g/mol. The lowest BCUT2D eigenvalue weighted by Gasteiger charge is -2.19. The first-order valence-electron chi connectivity index (χ1n) is 7.37. The lowest BCUT2D eigenvalue weighted by molar-refractivity contribution is -0.140. The van der Waals surface area contributed by atoms with Crippen molar-refractivity contribution in [1.82, 2.24) is 5.32 Å². The predicted octanol–water partition coefficient (Wildman–Crippen LogP) is 2.13. The molecule has 0 aliphatic heterocycles. The van der Waals surface area contributed by atoms with Gasteiger partial charge in [-0.25, -0.2) is 14.4 Å². The molecule has 1 atom stereocenters. The van der Waals surface area contributed by atoms with E-state index in [0.29, 0.717) is 0 Å². The molecule has 0 saturated heterocycles. The van der Waals surface area contributed by atoms with Gasteiger partial charge in [0.2, 0.25) is 0 Å². The van der Waals surface area contributed by atoms with E-state index in [0.717, 1.165) is 17.7 Å². The van der Waals surface area contributed by atoms with Crippen LogP contribution < -0.4 is 5.32 Å². The van der Waals surface area contributed by atoms with Crippen LogP contribution >= 0.6 is 0 Å². The zero-order chi connectivity index (χ0) is 17.9. The molecule has 0 fully saturated rings. The second-order valence-electron chi connectivity index (χ2n) is 5.05. The number of rotatable bonds is 7. The Kier molecular flexibility index (Phi) is 8.04. The van der Waals surface area contributed by atoms with Gasteiger partial charge in [-0.2, -0.15) is 0 Å². The van der Waals surface area contributed by atoms with E-state index in [1.807, 2.05) is 6.07 Å². The largest absolute Gasteiger partial charge is 0.466 e. The minimum atomic E-state index is -0.722. The second kappa shape index (κ2) is 10.0. The Bertz CT molecular complexity index is 582. The fourth-order valence-electron chi connectivity index (χ4n) is 1.71. The fourth-order valence-corrected chi connectivity index (χ4v) is 1.71. The fraction of sp³-hybridized carbons (Fsp3) is 0.353. The third-order valence-corrected chi connectivity index (χ3v) is 2.79.